The number of furan rings is 1. The molecular weight excluding hydrogens is 479 g/mol. The van der Waals surface area contributed by atoms with E-state index in [4.69, 9.17) is 4.42 Å². The van der Waals surface area contributed by atoms with Crippen LogP contribution in [0.3, 0.4) is 0 Å². The van der Waals surface area contributed by atoms with Crippen molar-refractivity contribution < 1.29 is 23.5 Å². The van der Waals surface area contributed by atoms with Gasteiger partial charge in [0.05, 0.1) is 0 Å². The molecular formula is C26H27FN6O4. The molecule has 1 atom stereocenters. The number of nitrogens with zero attached hydrogens (tertiary/aromatic N) is 5. The molecule has 10 nitrogen and oxygen atoms in total. The van der Waals surface area contributed by atoms with Crippen LogP contribution >= 0.6 is 0 Å². The molecule has 0 aliphatic heterocycles. The molecule has 2 aromatic carbocycles. The lowest BCUT2D eigenvalue weighted by Gasteiger charge is -2.33. The fourth-order valence-corrected chi connectivity index (χ4v) is 3.71. The zero-order valence-corrected chi connectivity index (χ0v) is 20.8. The number of hydrogen-bond donors (Lipinski definition) is 2. The third kappa shape index (κ3) is 6.18. The van der Waals surface area contributed by atoms with E-state index in [2.05, 4.69) is 20.7 Å². The first-order valence-electron chi connectivity index (χ1n) is 11.5. The summed E-state index contributed by atoms with van der Waals surface area (Å²) in [6, 6.07) is 13.5. The van der Waals surface area contributed by atoms with Crippen molar-refractivity contribution >= 4 is 17.5 Å². The van der Waals surface area contributed by atoms with E-state index in [-0.39, 0.29) is 23.8 Å². The van der Waals surface area contributed by atoms with E-state index in [1.165, 1.54) is 41.3 Å². The van der Waals surface area contributed by atoms with Gasteiger partial charge in [0, 0.05) is 11.2 Å². The van der Waals surface area contributed by atoms with Gasteiger partial charge in [-0.05, 0) is 87.0 Å². The zero-order chi connectivity index (χ0) is 26.7. The van der Waals surface area contributed by atoms with Gasteiger partial charge in [-0.3, -0.25) is 14.5 Å². The second-order valence-electron chi connectivity index (χ2n) is 9.53. The molecule has 0 aliphatic carbocycles. The topological polar surface area (TPSA) is 126 Å². The average molecular weight is 507 g/mol. The number of aromatic hydroxyl groups is 1. The molecule has 2 heterocycles. The Kier molecular flexibility index (Phi) is 7.05. The molecule has 0 bridgehead atoms. The highest BCUT2D eigenvalue weighted by Crippen LogP contribution is 2.30. The van der Waals surface area contributed by atoms with Gasteiger partial charge in [0.15, 0.2) is 5.76 Å². The molecule has 37 heavy (non-hydrogen) atoms. The van der Waals surface area contributed by atoms with Gasteiger partial charge >= 0.3 is 0 Å². The fourth-order valence-electron chi connectivity index (χ4n) is 3.71. The summed E-state index contributed by atoms with van der Waals surface area (Å²) >= 11 is 0. The lowest BCUT2D eigenvalue weighted by atomic mass is 10.0. The Hall–Kier alpha value is -4.54. The normalized spacial score (nSPS) is 12.2. The van der Waals surface area contributed by atoms with Crippen molar-refractivity contribution in [3.63, 3.8) is 0 Å². The number of carbonyl (C=O) groups excluding carboxylic acids is 2. The summed E-state index contributed by atoms with van der Waals surface area (Å²) in [5, 5.41) is 24.8. The van der Waals surface area contributed by atoms with Crippen LogP contribution in [-0.4, -0.2) is 42.7 Å². The van der Waals surface area contributed by atoms with Crippen molar-refractivity contribution in [2.75, 3.05) is 4.90 Å². The summed E-state index contributed by atoms with van der Waals surface area (Å²) in [6.45, 7) is 6.88. The Morgan fingerprint density at radius 2 is 1.76 bits per heavy atom. The highest BCUT2D eigenvalue weighted by atomic mass is 19.1. The summed E-state index contributed by atoms with van der Waals surface area (Å²) in [6.07, 6.45) is 0. The maximum Gasteiger partial charge on any atom is 0.251 e. The Morgan fingerprint density at radius 1 is 1.08 bits per heavy atom. The van der Waals surface area contributed by atoms with Crippen LogP contribution in [0.15, 0.2) is 65.1 Å². The molecule has 2 N–H and O–H groups in total. The van der Waals surface area contributed by atoms with Crippen molar-refractivity contribution in [3.05, 3.63) is 77.8 Å². The number of phenolic OH excluding ortho intramolecular Hbond substituents is 1. The smallest absolute Gasteiger partial charge is 0.251 e. The third-order valence-corrected chi connectivity index (χ3v) is 5.28. The van der Waals surface area contributed by atoms with E-state index in [0.717, 1.165) is 4.80 Å². The van der Waals surface area contributed by atoms with Crippen LogP contribution in [0.25, 0.3) is 11.6 Å². The maximum absolute atomic E-state index is 13.8. The highest BCUT2D eigenvalue weighted by Gasteiger charge is 2.35. The van der Waals surface area contributed by atoms with Crippen LogP contribution in [0.4, 0.5) is 10.1 Å². The second-order valence-corrected chi connectivity index (χ2v) is 9.53. The van der Waals surface area contributed by atoms with E-state index in [1.807, 2.05) is 20.8 Å². The highest BCUT2D eigenvalue weighted by molar-refractivity contribution is 6.01. The summed E-state index contributed by atoms with van der Waals surface area (Å²) in [5.41, 5.74) is 0.124. The molecule has 2 amide bonds. The van der Waals surface area contributed by atoms with Gasteiger partial charge < -0.3 is 14.8 Å². The van der Waals surface area contributed by atoms with E-state index < -0.39 is 29.2 Å². The van der Waals surface area contributed by atoms with Gasteiger partial charge in [0.25, 0.3) is 5.91 Å². The fraction of sp³-hybridized carbons (Fsp3) is 0.269. The van der Waals surface area contributed by atoms with Crippen LogP contribution in [0.2, 0.25) is 0 Å². The van der Waals surface area contributed by atoms with Crippen LogP contribution in [0.1, 0.15) is 38.1 Å². The van der Waals surface area contributed by atoms with Crippen LogP contribution in [-0.2, 0) is 16.1 Å². The minimum Gasteiger partial charge on any atom is -0.508 e. The summed E-state index contributed by atoms with van der Waals surface area (Å²) in [4.78, 5) is 29.7. The second kappa shape index (κ2) is 10.2. The summed E-state index contributed by atoms with van der Waals surface area (Å²) in [5.74, 6) is -0.222. The number of aryl methyl sites for hydroxylation is 1. The summed E-state index contributed by atoms with van der Waals surface area (Å²) < 4.78 is 19.3. The molecule has 11 heteroatoms. The Morgan fingerprint density at radius 3 is 2.35 bits per heavy atom. The minimum absolute atomic E-state index is 0.00546. The standard InChI is InChI=1S/C26H27FN6O4/c1-16-5-14-21(37-16)24-29-31-32(30-24)15-22(35)33(19-10-8-18(27)9-11-19)23(25(36)28-26(2,3)4)17-6-12-20(34)13-7-17/h5-14,23,34H,15H2,1-4H3,(H,28,36)/t23-/m1/s1. The molecule has 0 aliphatic rings. The van der Waals surface area contributed by atoms with Crippen molar-refractivity contribution in [1.82, 2.24) is 25.5 Å². The van der Waals surface area contributed by atoms with E-state index >= 15 is 0 Å². The number of carbonyl (C=O) groups is 2. The van der Waals surface area contributed by atoms with E-state index in [1.54, 1.807) is 31.2 Å². The largest absolute Gasteiger partial charge is 0.508 e. The number of anilines is 1. The number of amides is 2. The number of tetrazole rings is 1. The first-order chi connectivity index (χ1) is 17.5. The molecule has 0 unspecified atom stereocenters. The van der Waals surface area contributed by atoms with Crippen molar-refractivity contribution in [2.45, 2.75) is 45.8 Å². The molecule has 4 rings (SSSR count). The number of nitrogens with one attached hydrogen (secondary N) is 1. The van der Waals surface area contributed by atoms with Gasteiger partial charge in [-0.1, -0.05) is 12.1 Å². The van der Waals surface area contributed by atoms with Gasteiger partial charge in [0.2, 0.25) is 11.7 Å². The predicted octanol–water partition coefficient (Wildman–Crippen LogP) is 3.78. The predicted molar refractivity (Wildman–Crippen MR) is 133 cm³/mol. The first kappa shape index (κ1) is 25.5. The molecule has 0 fully saturated rings. The van der Waals surface area contributed by atoms with Gasteiger partial charge in [-0.25, -0.2) is 4.39 Å². The van der Waals surface area contributed by atoms with Crippen molar-refractivity contribution in [1.29, 1.82) is 0 Å². The number of benzene rings is 2. The van der Waals surface area contributed by atoms with Crippen molar-refractivity contribution in [3.8, 4) is 17.3 Å². The van der Waals surface area contributed by atoms with Crippen molar-refractivity contribution in [2.24, 2.45) is 0 Å². The number of halogens is 1. The lowest BCUT2D eigenvalue weighted by molar-refractivity contribution is -0.128. The number of phenols is 1. The molecule has 0 saturated heterocycles. The average Bonchev–Trinajstić information content (AvgIpc) is 3.46. The number of rotatable bonds is 7. The van der Waals surface area contributed by atoms with Crippen LogP contribution in [0.5, 0.6) is 5.75 Å². The molecule has 192 valence electrons. The number of aromatic nitrogens is 4. The Balaban J connectivity index is 1.74. The Bertz CT molecular complexity index is 1390. The van der Waals surface area contributed by atoms with E-state index in [0.29, 0.717) is 17.1 Å². The van der Waals surface area contributed by atoms with Gasteiger partial charge in [0.1, 0.15) is 29.9 Å². The molecule has 0 radical (unpaired) electrons. The quantitative estimate of drug-likeness (QED) is 0.391. The van der Waals surface area contributed by atoms with Crippen LogP contribution in [0, 0.1) is 12.7 Å². The van der Waals surface area contributed by atoms with Crippen LogP contribution < -0.4 is 10.2 Å². The number of hydrogen-bond acceptors (Lipinski definition) is 7. The molecule has 0 saturated carbocycles. The SMILES string of the molecule is Cc1ccc(-c2nnn(CC(=O)N(c3ccc(F)cc3)[C@@H](C(=O)NC(C)(C)C)c3ccc(O)cc3)n2)o1. The summed E-state index contributed by atoms with van der Waals surface area (Å²) in [7, 11) is 0. The Labute approximate surface area is 212 Å². The van der Waals surface area contributed by atoms with E-state index in [9.17, 15) is 19.1 Å². The third-order valence-electron chi connectivity index (χ3n) is 5.28. The first-order valence-corrected chi connectivity index (χ1v) is 11.5. The molecule has 0 spiro atoms. The molecule has 4 aromatic rings. The molecule has 2 aromatic heterocycles. The van der Waals surface area contributed by atoms with Gasteiger partial charge in [-0.15, -0.1) is 10.2 Å². The van der Waals surface area contributed by atoms with Gasteiger partial charge in [-0.2, -0.15) is 4.80 Å². The zero-order valence-electron chi connectivity index (χ0n) is 20.8. The monoisotopic (exact) mass is 506 g/mol. The minimum atomic E-state index is -1.14. The lowest BCUT2D eigenvalue weighted by Crippen LogP contribution is -2.50. The maximum atomic E-state index is 13.8.